The van der Waals surface area contributed by atoms with Gasteiger partial charge < -0.3 is 20.9 Å². The highest BCUT2D eigenvalue weighted by Crippen LogP contribution is 2.15. The van der Waals surface area contributed by atoms with Crippen molar-refractivity contribution in [2.24, 2.45) is 5.73 Å². The maximum absolute atomic E-state index is 12.5. The maximum Gasteiger partial charge on any atom is 0.150 e. The first-order valence-electron chi connectivity index (χ1n) is 9.49. The lowest BCUT2D eigenvalue weighted by Crippen LogP contribution is -2.23. The van der Waals surface area contributed by atoms with Crippen LogP contribution in [0, 0.1) is 0 Å². The molecule has 156 valence electrons. The van der Waals surface area contributed by atoms with Gasteiger partial charge in [-0.15, -0.1) is 0 Å². The molecular weight excluding hydrogens is 416 g/mol. The van der Waals surface area contributed by atoms with Crippen LogP contribution in [0.3, 0.4) is 0 Å². The molecule has 0 spiro atoms. The van der Waals surface area contributed by atoms with Crippen LogP contribution in [-0.4, -0.2) is 32.4 Å². The number of rotatable bonds is 10. The van der Waals surface area contributed by atoms with Gasteiger partial charge in [-0.05, 0) is 48.9 Å². The van der Waals surface area contributed by atoms with E-state index >= 15 is 0 Å². The summed E-state index contributed by atoms with van der Waals surface area (Å²) in [6, 6.07) is 18.5. The predicted molar refractivity (Wildman–Crippen MR) is 125 cm³/mol. The molecule has 30 heavy (non-hydrogen) atoms. The Hall–Kier alpha value is -2.65. The lowest BCUT2D eigenvalue weighted by atomic mass is 10.1. The summed E-state index contributed by atoms with van der Waals surface area (Å²) in [7, 11) is -1.37. The molecule has 0 saturated heterocycles. The fraction of sp³-hybridized carbons (Fsp3) is 0.182. The van der Waals surface area contributed by atoms with Crippen LogP contribution in [0.5, 0.6) is 0 Å². The summed E-state index contributed by atoms with van der Waals surface area (Å²) in [5.41, 5.74) is 9.05. The Morgan fingerprint density at radius 1 is 1.13 bits per heavy atom. The number of aliphatic hydroxyl groups excluding tert-OH is 1. The minimum absolute atomic E-state index is 0.317. The number of aromatic nitrogens is 1. The molecule has 3 aromatic rings. The van der Waals surface area contributed by atoms with E-state index in [2.05, 4.69) is 15.0 Å². The van der Waals surface area contributed by atoms with Crippen molar-refractivity contribution in [1.82, 2.24) is 10.3 Å². The van der Waals surface area contributed by atoms with Crippen molar-refractivity contribution in [3.63, 3.8) is 0 Å². The highest BCUT2D eigenvalue weighted by molar-refractivity contribution is 7.86. The molecule has 0 fully saturated rings. The monoisotopic (exact) mass is 440 g/mol. The zero-order valence-corrected chi connectivity index (χ0v) is 18.0. The molecule has 5 N–H and O–H groups in total. The van der Waals surface area contributed by atoms with E-state index in [9.17, 15) is 9.32 Å². The molecule has 0 aliphatic heterocycles. The zero-order valence-electron chi connectivity index (χ0n) is 16.3. The number of pyridine rings is 1. The quantitative estimate of drug-likeness (QED) is 0.286. The highest BCUT2D eigenvalue weighted by atomic mass is 32.2. The third kappa shape index (κ3) is 6.43. The largest absolute Gasteiger partial charge is 0.389 e. The number of benzene rings is 2. The van der Waals surface area contributed by atoms with Crippen LogP contribution in [0.15, 0.2) is 78.0 Å². The van der Waals surface area contributed by atoms with E-state index in [0.29, 0.717) is 16.4 Å². The molecule has 8 heteroatoms. The first-order chi connectivity index (χ1) is 14.5. The predicted octanol–water partition coefficient (Wildman–Crippen LogP) is 2.72. The Kier molecular flexibility index (Phi) is 8.04. The summed E-state index contributed by atoms with van der Waals surface area (Å²) in [5, 5.41) is 13.4. The Bertz CT molecular complexity index is 980. The van der Waals surface area contributed by atoms with Crippen LogP contribution in [-0.2, 0) is 17.4 Å². The molecule has 2 atom stereocenters. The number of thiocarbonyl (C=S) groups is 1. The Labute approximate surface area is 184 Å². The van der Waals surface area contributed by atoms with E-state index in [4.69, 9.17) is 18.0 Å². The van der Waals surface area contributed by atoms with Gasteiger partial charge in [-0.2, -0.15) is 0 Å². The first kappa shape index (κ1) is 22.0. The van der Waals surface area contributed by atoms with Crippen LogP contribution < -0.4 is 15.8 Å². The van der Waals surface area contributed by atoms with Gasteiger partial charge in [-0.1, -0.05) is 42.5 Å². The van der Waals surface area contributed by atoms with E-state index in [1.54, 1.807) is 36.7 Å². The lowest BCUT2D eigenvalue weighted by molar-refractivity contribution is 0.174. The molecule has 0 aliphatic rings. The molecule has 2 aromatic carbocycles. The Morgan fingerprint density at radius 2 is 1.87 bits per heavy atom. The van der Waals surface area contributed by atoms with E-state index in [1.807, 2.05) is 36.4 Å². The van der Waals surface area contributed by atoms with Crippen LogP contribution >= 0.6 is 12.2 Å². The number of hydrogen-bond acceptors (Lipinski definition) is 5. The van der Waals surface area contributed by atoms with E-state index in [1.165, 1.54) is 0 Å². The number of nitrogens with two attached hydrogens (primary N) is 1. The van der Waals surface area contributed by atoms with Crippen molar-refractivity contribution in [1.29, 1.82) is 0 Å². The smallest absolute Gasteiger partial charge is 0.150 e. The summed E-state index contributed by atoms with van der Waals surface area (Å²) < 4.78 is 15.5. The van der Waals surface area contributed by atoms with E-state index < -0.39 is 17.1 Å². The van der Waals surface area contributed by atoms with Crippen molar-refractivity contribution in [3.8, 4) is 0 Å². The third-order valence-corrected chi connectivity index (χ3v) is 5.87. The van der Waals surface area contributed by atoms with Crippen LogP contribution in [0.25, 0.3) is 0 Å². The van der Waals surface area contributed by atoms with Gasteiger partial charge in [0.25, 0.3) is 0 Å². The minimum Gasteiger partial charge on any atom is -0.389 e. The minimum atomic E-state index is -1.37. The summed E-state index contributed by atoms with van der Waals surface area (Å²) in [4.78, 5) is 4.98. The molecule has 0 bridgehead atoms. The van der Waals surface area contributed by atoms with Crippen LogP contribution in [0.4, 0.5) is 5.69 Å². The second-order valence-electron chi connectivity index (χ2n) is 6.71. The fourth-order valence-electron chi connectivity index (χ4n) is 2.81. The van der Waals surface area contributed by atoms with Gasteiger partial charge in [0.2, 0.25) is 0 Å². The summed E-state index contributed by atoms with van der Waals surface area (Å²) in [6.07, 6.45) is 3.60. The molecule has 1 heterocycles. The summed E-state index contributed by atoms with van der Waals surface area (Å²) >= 11 is 4.93. The standard InChI is InChI=1S/C22H24N4O2S2/c23-22(29)17-5-9-20(10-6-17)30(28)26-19-7-3-16(4-8-19)11-13-25-15-21(27)18-2-1-12-24-14-18/h1-10,12,14,21,25-27H,11,13,15H2,(H2,23,29). The van der Waals surface area contributed by atoms with E-state index in [0.717, 1.165) is 35.3 Å². The average Bonchev–Trinajstić information content (AvgIpc) is 2.78. The SMILES string of the molecule is NC(=S)c1ccc(S(=O)Nc2ccc(CCNCC(O)c3cccnc3)cc2)cc1. The van der Waals surface area contributed by atoms with Gasteiger partial charge in [0.1, 0.15) is 16.0 Å². The van der Waals surface area contributed by atoms with Gasteiger partial charge in [0.05, 0.1) is 11.0 Å². The summed E-state index contributed by atoms with van der Waals surface area (Å²) in [5.74, 6) is 0. The second kappa shape index (κ2) is 10.9. The highest BCUT2D eigenvalue weighted by Gasteiger charge is 2.07. The van der Waals surface area contributed by atoms with Crippen molar-refractivity contribution < 1.29 is 9.32 Å². The van der Waals surface area contributed by atoms with Crippen molar-refractivity contribution in [2.45, 2.75) is 17.4 Å². The molecule has 2 unspecified atom stereocenters. The zero-order chi connectivity index (χ0) is 21.3. The number of aliphatic hydroxyl groups is 1. The third-order valence-electron chi connectivity index (χ3n) is 4.51. The fourth-order valence-corrected chi connectivity index (χ4v) is 3.80. The molecule has 6 nitrogen and oxygen atoms in total. The van der Waals surface area contributed by atoms with Gasteiger partial charge >= 0.3 is 0 Å². The number of hydrogen-bond donors (Lipinski definition) is 4. The normalized spacial score (nSPS) is 12.8. The second-order valence-corrected chi connectivity index (χ2v) is 8.37. The number of nitrogens with zero attached hydrogens (tertiary/aromatic N) is 1. The maximum atomic E-state index is 12.5. The topological polar surface area (TPSA) is 100 Å². The molecule has 0 saturated carbocycles. The first-order valence-corrected chi connectivity index (χ1v) is 11.0. The van der Waals surface area contributed by atoms with Crippen LogP contribution in [0.1, 0.15) is 22.8 Å². The number of anilines is 1. The Balaban J connectivity index is 1.44. The van der Waals surface area contributed by atoms with Gasteiger partial charge in [-0.25, -0.2) is 4.21 Å². The van der Waals surface area contributed by atoms with Crippen molar-refractivity contribution >= 4 is 33.9 Å². The van der Waals surface area contributed by atoms with Gasteiger partial charge in [-0.3, -0.25) is 4.98 Å². The average molecular weight is 441 g/mol. The van der Waals surface area contributed by atoms with Crippen molar-refractivity contribution in [2.75, 3.05) is 17.8 Å². The van der Waals surface area contributed by atoms with Crippen LogP contribution in [0.2, 0.25) is 0 Å². The molecule has 0 amide bonds. The molecule has 1 aromatic heterocycles. The van der Waals surface area contributed by atoms with Crippen molar-refractivity contribution in [3.05, 3.63) is 89.7 Å². The van der Waals surface area contributed by atoms with E-state index in [-0.39, 0.29) is 0 Å². The Morgan fingerprint density at radius 3 is 2.50 bits per heavy atom. The lowest BCUT2D eigenvalue weighted by Gasteiger charge is -2.12. The summed E-state index contributed by atoms with van der Waals surface area (Å²) in [6.45, 7) is 1.21. The molecular formula is C22H24N4O2S2. The number of nitrogens with one attached hydrogen (secondary N) is 2. The van der Waals surface area contributed by atoms with Gasteiger partial charge in [0, 0.05) is 35.8 Å². The molecule has 0 radical (unpaired) electrons. The molecule has 0 aliphatic carbocycles. The molecule has 3 rings (SSSR count). The van der Waals surface area contributed by atoms with Gasteiger partial charge in [0.15, 0.2) is 0 Å².